The van der Waals surface area contributed by atoms with Gasteiger partial charge in [0.05, 0.1) is 11.4 Å². The number of rotatable bonds is 4. The van der Waals surface area contributed by atoms with E-state index >= 15 is 0 Å². The van der Waals surface area contributed by atoms with E-state index in [0.29, 0.717) is 0 Å². The number of nitrogen functional groups attached to an aromatic ring is 1. The van der Waals surface area contributed by atoms with E-state index in [2.05, 4.69) is 37.4 Å². The fraction of sp³-hybridized carbons (Fsp3) is 0.250. The van der Waals surface area contributed by atoms with Crippen molar-refractivity contribution in [3.8, 4) is 0 Å². The maximum Gasteiger partial charge on any atom is 0.0574 e. The van der Waals surface area contributed by atoms with Gasteiger partial charge in [-0.05, 0) is 43.5 Å². The SMILES string of the molecule is Cc1ccc(CCNc2ccccc2N)c(C)c1. The van der Waals surface area contributed by atoms with Crippen LogP contribution in [-0.2, 0) is 6.42 Å². The lowest BCUT2D eigenvalue weighted by atomic mass is 10.0. The van der Waals surface area contributed by atoms with E-state index in [4.69, 9.17) is 5.73 Å². The molecule has 94 valence electrons. The van der Waals surface area contributed by atoms with Gasteiger partial charge in [0, 0.05) is 6.54 Å². The minimum absolute atomic E-state index is 0.804. The number of hydrogen-bond donors (Lipinski definition) is 2. The summed E-state index contributed by atoms with van der Waals surface area (Å²) in [4.78, 5) is 0. The Bertz CT molecular complexity index is 532. The van der Waals surface area contributed by atoms with Crippen molar-refractivity contribution < 1.29 is 0 Å². The van der Waals surface area contributed by atoms with Crippen molar-refractivity contribution in [2.75, 3.05) is 17.6 Å². The van der Waals surface area contributed by atoms with Gasteiger partial charge in [0.2, 0.25) is 0 Å². The molecule has 3 N–H and O–H groups in total. The van der Waals surface area contributed by atoms with Crippen LogP contribution in [0.3, 0.4) is 0 Å². The maximum absolute atomic E-state index is 5.89. The average Bonchev–Trinajstić information content (AvgIpc) is 2.34. The number of nitrogens with one attached hydrogen (secondary N) is 1. The lowest BCUT2D eigenvalue weighted by molar-refractivity contribution is 1.00. The lowest BCUT2D eigenvalue weighted by Gasteiger charge is -2.10. The first kappa shape index (κ1) is 12.5. The van der Waals surface area contributed by atoms with E-state index in [1.54, 1.807) is 0 Å². The Morgan fingerprint density at radius 3 is 2.56 bits per heavy atom. The van der Waals surface area contributed by atoms with Crippen LogP contribution < -0.4 is 11.1 Å². The van der Waals surface area contributed by atoms with E-state index in [-0.39, 0.29) is 0 Å². The topological polar surface area (TPSA) is 38.0 Å². The van der Waals surface area contributed by atoms with Crippen LogP contribution in [-0.4, -0.2) is 6.54 Å². The van der Waals surface area contributed by atoms with Crippen LogP contribution in [0.5, 0.6) is 0 Å². The number of nitrogens with two attached hydrogens (primary N) is 1. The van der Waals surface area contributed by atoms with Crippen molar-refractivity contribution >= 4 is 11.4 Å². The second kappa shape index (κ2) is 5.58. The van der Waals surface area contributed by atoms with Crippen molar-refractivity contribution in [3.63, 3.8) is 0 Å². The number of aryl methyl sites for hydroxylation is 2. The molecule has 0 fully saturated rings. The predicted octanol–water partition coefficient (Wildman–Crippen LogP) is 3.54. The molecule has 2 aromatic carbocycles. The molecule has 0 saturated heterocycles. The van der Waals surface area contributed by atoms with Crippen LogP contribution in [0.4, 0.5) is 11.4 Å². The highest BCUT2D eigenvalue weighted by Crippen LogP contribution is 2.17. The standard InChI is InChI=1S/C16H20N2/c1-12-7-8-14(13(2)11-12)9-10-18-16-6-4-3-5-15(16)17/h3-8,11,18H,9-10,17H2,1-2H3. The zero-order valence-electron chi connectivity index (χ0n) is 11.0. The first-order valence-corrected chi connectivity index (χ1v) is 6.31. The van der Waals surface area contributed by atoms with Crippen LogP contribution in [0, 0.1) is 13.8 Å². The normalized spacial score (nSPS) is 10.3. The van der Waals surface area contributed by atoms with Crippen LogP contribution in [0.15, 0.2) is 42.5 Å². The summed E-state index contributed by atoms with van der Waals surface area (Å²) in [6, 6.07) is 14.5. The second-order valence-corrected chi connectivity index (χ2v) is 4.69. The van der Waals surface area contributed by atoms with E-state index in [0.717, 1.165) is 24.3 Å². The van der Waals surface area contributed by atoms with E-state index in [1.807, 2.05) is 24.3 Å². The largest absolute Gasteiger partial charge is 0.397 e. The molecule has 0 atom stereocenters. The van der Waals surface area contributed by atoms with Crippen molar-refractivity contribution in [1.29, 1.82) is 0 Å². The van der Waals surface area contributed by atoms with Gasteiger partial charge in [0.25, 0.3) is 0 Å². The number of para-hydroxylation sites is 2. The molecule has 0 heterocycles. The number of benzene rings is 2. The number of anilines is 2. The van der Waals surface area contributed by atoms with E-state index in [9.17, 15) is 0 Å². The number of hydrogen-bond acceptors (Lipinski definition) is 2. The molecular formula is C16H20N2. The van der Waals surface area contributed by atoms with Gasteiger partial charge in [-0.1, -0.05) is 35.9 Å². The van der Waals surface area contributed by atoms with Gasteiger partial charge < -0.3 is 11.1 Å². The fourth-order valence-electron chi connectivity index (χ4n) is 2.12. The molecule has 2 aromatic rings. The molecule has 18 heavy (non-hydrogen) atoms. The summed E-state index contributed by atoms with van der Waals surface area (Å²) in [6.07, 6.45) is 1.01. The van der Waals surface area contributed by atoms with Crippen LogP contribution >= 0.6 is 0 Å². The Morgan fingerprint density at radius 1 is 1.06 bits per heavy atom. The molecule has 0 amide bonds. The Morgan fingerprint density at radius 2 is 1.83 bits per heavy atom. The third-order valence-electron chi connectivity index (χ3n) is 3.17. The highest BCUT2D eigenvalue weighted by Gasteiger charge is 2.00. The van der Waals surface area contributed by atoms with Crippen molar-refractivity contribution in [1.82, 2.24) is 0 Å². The van der Waals surface area contributed by atoms with Gasteiger partial charge in [-0.3, -0.25) is 0 Å². The van der Waals surface area contributed by atoms with E-state index in [1.165, 1.54) is 16.7 Å². The second-order valence-electron chi connectivity index (χ2n) is 4.69. The smallest absolute Gasteiger partial charge is 0.0574 e. The third-order valence-corrected chi connectivity index (χ3v) is 3.17. The summed E-state index contributed by atoms with van der Waals surface area (Å²) in [5, 5.41) is 3.38. The summed E-state index contributed by atoms with van der Waals surface area (Å²) >= 11 is 0. The predicted molar refractivity (Wildman–Crippen MR) is 79.0 cm³/mol. The Hall–Kier alpha value is -1.96. The Labute approximate surface area is 109 Å². The molecule has 0 saturated carbocycles. The third kappa shape index (κ3) is 3.04. The Kier molecular flexibility index (Phi) is 3.88. The molecule has 2 heteroatoms. The molecule has 2 rings (SSSR count). The highest BCUT2D eigenvalue weighted by atomic mass is 14.9. The van der Waals surface area contributed by atoms with Gasteiger partial charge in [-0.25, -0.2) is 0 Å². The molecule has 0 aliphatic carbocycles. The van der Waals surface area contributed by atoms with Gasteiger partial charge in [0.15, 0.2) is 0 Å². The molecule has 0 bridgehead atoms. The van der Waals surface area contributed by atoms with Crippen molar-refractivity contribution in [2.24, 2.45) is 0 Å². The summed E-state index contributed by atoms with van der Waals surface area (Å²) in [5.41, 5.74) is 11.8. The molecule has 0 aliphatic heterocycles. The monoisotopic (exact) mass is 240 g/mol. The Balaban J connectivity index is 1.95. The van der Waals surface area contributed by atoms with Gasteiger partial charge in [-0.15, -0.1) is 0 Å². The molecule has 0 unspecified atom stereocenters. The molecular weight excluding hydrogens is 220 g/mol. The highest BCUT2D eigenvalue weighted by molar-refractivity contribution is 5.65. The zero-order valence-corrected chi connectivity index (χ0v) is 11.0. The van der Waals surface area contributed by atoms with Crippen molar-refractivity contribution in [3.05, 3.63) is 59.2 Å². The van der Waals surface area contributed by atoms with Gasteiger partial charge >= 0.3 is 0 Å². The van der Waals surface area contributed by atoms with Crippen molar-refractivity contribution in [2.45, 2.75) is 20.3 Å². The minimum atomic E-state index is 0.804. The molecule has 0 aromatic heterocycles. The van der Waals surface area contributed by atoms with E-state index < -0.39 is 0 Å². The zero-order chi connectivity index (χ0) is 13.0. The van der Waals surface area contributed by atoms with Gasteiger partial charge in [0.1, 0.15) is 0 Å². The quantitative estimate of drug-likeness (QED) is 0.802. The van der Waals surface area contributed by atoms with Crippen LogP contribution in [0.2, 0.25) is 0 Å². The minimum Gasteiger partial charge on any atom is -0.397 e. The summed E-state index contributed by atoms with van der Waals surface area (Å²) in [6.45, 7) is 5.19. The summed E-state index contributed by atoms with van der Waals surface area (Å²) in [5.74, 6) is 0. The first-order chi connectivity index (χ1) is 8.66. The van der Waals surface area contributed by atoms with Crippen LogP contribution in [0.1, 0.15) is 16.7 Å². The maximum atomic E-state index is 5.89. The molecule has 2 nitrogen and oxygen atoms in total. The molecule has 0 spiro atoms. The average molecular weight is 240 g/mol. The summed E-state index contributed by atoms with van der Waals surface area (Å²) < 4.78 is 0. The first-order valence-electron chi connectivity index (χ1n) is 6.31. The molecule has 0 aliphatic rings. The fourth-order valence-corrected chi connectivity index (χ4v) is 2.12. The summed E-state index contributed by atoms with van der Waals surface area (Å²) in [7, 11) is 0. The molecule has 0 radical (unpaired) electrons. The van der Waals surface area contributed by atoms with Gasteiger partial charge in [-0.2, -0.15) is 0 Å². The van der Waals surface area contributed by atoms with Crippen LogP contribution in [0.25, 0.3) is 0 Å². The lowest BCUT2D eigenvalue weighted by Crippen LogP contribution is -2.07.